The molecule has 0 bridgehead atoms. The number of halogens is 2. The van der Waals surface area contributed by atoms with Gasteiger partial charge in [-0.25, -0.2) is 24.3 Å². The number of rotatable bonds is 0. The van der Waals surface area contributed by atoms with Gasteiger partial charge in [-0.15, -0.1) is 0 Å². The van der Waals surface area contributed by atoms with E-state index in [1.165, 1.54) is 11.1 Å². The van der Waals surface area contributed by atoms with E-state index in [1.807, 2.05) is 12.1 Å². The van der Waals surface area contributed by atoms with Gasteiger partial charge in [-0.1, -0.05) is 46.2 Å². The van der Waals surface area contributed by atoms with Crippen LogP contribution < -0.4 is 24.8 Å². The van der Waals surface area contributed by atoms with E-state index in [1.54, 1.807) is 0 Å². The van der Waals surface area contributed by atoms with Crippen molar-refractivity contribution in [3.63, 3.8) is 0 Å². The quantitative estimate of drug-likeness (QED) is 0.315. The summed E-state index contributed by atoms with van der Waals surface area (Å²) in [5, 5.41) is 0. The van der Waals surface area contributed by atoms with Crippen LogP contribution in [0.15, 0.2) is 48.5 Å². The summed E-state index contributed by atoms with van der Waals surface area (Å²) in [5.41, 5.74) is 3.08. The SMILES string of the molecule is CC(C)(C)[c-]1cccc1.C[SiH]C.C[c-]1cccc1.[Cl-].[Cl-].[Hf+4]. The van der Waals surface area contributed by atoms with Gasteiger partial charge >= 0.3 is 25.8 Å². The van der Waals surface area contributed by atoms with Crippen LogP contribution in [0.25, 0.3) is 0 Å². The molecule has 0 N–H and O–H groups in total. The van der Waals surface area contributed by atoms with E-state index < -0.39 is 0 Å². The molecule has 0 atom stereocenters. The van der Waals surface area contributed by atoms with Crippen molar-refractivity contribution in [2.24, 2.45) is 0 Å². The number of hydrogen-bond acceptors (Lipinski definition) is 0. The van der Waals surface area contributed by atoms with Crippen LogP contribution in [0.1, 0.15) is 31.9 Å². The van der Waals surface area contributed by atoms with Crippen LogP contribution in [0, 0.1) is 6.92 Å². The van der Waals surface area contributed by atoms with Gasteiger partial charge in [0, 0.05) is 9.52 Å². The second-order valence-electron chi connectivity index (χ2n) is 5.46. The molecule has 0 fully saturated rings. The van der Waals surface area contributed by atoms with Crippen molar-refractivity contribution in [3.05, 3.63) is 59.7 Å². The normalized spacial score (nSPS) is 8.48. The molecule has 0 spiro atoms. The third kappa shape index (κ3) is 16.6. The van der Waals surface area contributed by atoms with Crippen LogP contribution in [0.3, 0.4) is 0 Å². The van der Waals surface area contributed by atoms with E-state index in [4.69, 9.17) is 0 Å². The second kappa shape index (κ2) is 16.7. The average Bonchev–Trinajstić information content (AvgIpc) is 2.89. The Morgan fingerprint density at radius 2 is 1.05 bits per heavy atom. The van der Waals surface area contributed by atoms with Gasteiger partial charge in [0.2, 0.25) is 0 Å². The first-order valence-electron chi connectivity index (χ1n) is 6.56. The van der Waals surface area contributed by atoms with Crippen LogP contribution in [0.5, 0.6) is 0 Å². The molecule has 0 saturated heterocycles. The molecule has 117 valence electrons. The summed E-state index contributed by atoms with van der Waals surface area (Å²) >= 11 is 0. The molecule has 2 aromatic carbocycles. The Balaban J connectivity index is -0.000000107. The first-order chi connectivity index (χ1) is 8.41. The Morgan fingerprint density at radius 3 is 1.19 bits per heavy atom. The van der Waals surface area contributed by atoms with E-state index in [0.29, 0.717) is 5.41 Å². The van der Waals surface area contributed by atoms with Crippen molar-refractivity contribution in [1.29, 1.82) is 0 Å². The summed E-state index contributed by atoms with van der Waals surface area (Å²) in [7, 11) is 0.750. The average molecular weight is 509 g/mol. The predicted molar refractivity (Wildman–Crippen MR) is 86.4 cm³/mol. The first kappa shape index (κ1) is 29.4. The van der Waals surface area contributed by atoms with Gasteiger partial charge in [0.05, 0.1) is 0 Å². The maximum Gasteiger partial charge on any atom is 4.00 e. The summed E-state index contributed by atoms with van der Waals surface area (Å²) < 4.78 is 0. The fourth-order valence-corrected chi connectivity index (χ4v) is 1.34. The molecule has 1 radical (unpaired) electrons. The Bertz CT molecular complexity index is 375. The molecule has 0 saturated carbocycles. The Kier molecular flexibility index (Phi) is 23.4. The van der Waals surface area contributed by atoms with Gasteiger partial charge in [-0.05, 0) is 0 Å². The van der Waals surface area contributed by atoms with Gasteiger partial charge in [-0.2, -0.15) is 35.4 Å². The molecule has 0 aromatic heterocycles. The molecule has 0 aliphatic carbocycles. The molecule has 0 heterocycles. The van der Waals surface area contributed by atoms with E-state index in [-0.39, 0.29) is 50.7 Å². The third-order valence-corrected chi connectivity index (χ3v) is 2.36. The molecule has 0 nitrogen and oxygen atoms in total. The Hall–Kier alpha value is 0.367. The fourth-order valence-electron chi connectivity index (χ4n) is 1.34. The van der Waals surface area contributed by atoms with Gasteiger partial charge in [0.1, 0.15) is 0 Å². The van der Waals surface area contributed by atoms with Crippen LogP contribution in [0.2, 0.25) is 13.1 Å². The van der Waals surface area contributed by atoms with E-state index in [9.17, 15) is 0 Å². The largest absolute Gasteiger partial charge is 4.00 e. The summed E-state index contributed by atoms with van der Waals surface area (Å²) in [5.74, 6) is 0. The van der Waals surface area contributed by atoms with Crippen LogP contribution in [-0.4, -0.2) is 9.52 Å². The van der Waals surface area contributed by atoms with Gasteiger partial charge in [0.15, 0.2) is 0 Å². The van der Waals surface area contributed by atoms with Crippen LogP contribution in [-0.2, 0) is 31.3 Å². The minimum absolute atomic E-state index is 0. The monoisotopic (exact) mass is 509 g/mol. The molecule has 0 aliphatic rings. The van der Waals surface area contributed by atoms with Crippen molar-refractivity contribution in [1.82, 2.24) is 0 Å². The van der Waals surface area contributed by atoms with E-state index in [2.05, 4.69) is 77.2 Å². The predicted octanol–water partition coefficient (Wildman–Crippen LogP) is -1.06. The van der Waals surface area contributed by atoms with Crippen molar-refractivity contribution in [2.75, 3.05) is 0 Å². The Labute approximate surface area is 165 Å². The molecule has 21 heavy (non-hydrogen) atoms. The van der Waals surface area contributed by atoms with Crippen LogP contribution in [0.4, 0.5) is 0 Å². The number of hydrogen-bond donors (Lipinski definition) is 0. The maximum atomic E-state index is 2.22. The van der Waals surface area contributed by atoms with Gasteiger partial charge in [-0.3, -0.25) is 0 Å². The van der Waals surface area contributed by atoms with Crippen molar-refractivity contribution in [3.8, 4) is 0 Å². The maximum absolute atomic E-state index is 2.22. The van der Waals surface area contributed by atoms with E-state index in [0.717, 1.165) is 9.52 Å². The van der Waals surface area contributed by atoms with Crippen LogP contribution >= 0.6 is 0 Å². The topological polar surface area (TPSA) is 0 Å². The fraction of sp³-hybridized carbons (Fsp3) is 0.412. The van der Waals surface area contributed by atoms with Crippen molar-refractivity contribution < 1.29 is 50.7 Å². The third-order valence-electron chi connectivity index (χ3n) is 2.36. The summed E-state index contributed by atoms with van der Waals surface area (Å²) in [4.78, 5) is 0. The van der Waals surface area contributed by atoms with E-state index >= 15 is 0 Å². The standard InChI is InChI=1S/C9H13.C6H7.C2H7Si.2ClH.Hf/c1-9(2,3)8-6-4-5-7-8;1-6-4-2-3-5-6;1-3-2;;;/h4-7H,1-3H3;2-5H,1H3;3H,1-2H3;2*1H;/q2*-1;;;;+4/p-2. The number of aryl methyl sites for hydroxylation is 1. The zero-order chi connectivity index (χ0) is 14.0. The second-order valence-corrected chi connectivity index (χ2v) is 6.62. The molecule has 4 heteroatoms. The minimum atomic E-state index is 0. The molecule has 2 rings (SSSR count). The minimum Gasteiger partial charge on any atom is -1.00 e. The molecular formula is C17H27Cl2HfSi. The smallest absolute Gasteiger partial charge is 1.00 e. The summed E-state index contributed by atoms with van der Waals surface area (Å²) in [6.45, 7) is 13.2. The summed E-state index contributed by atoms with van der Waals surface area (Å²) in [6.07, 6.45) is 0. The Morgan fingerprint density at radius 1 is 0.762 bits per heavy atom. The van der Waals surface area contributed by atoms with Gasteiger partial charge in [0.25, 0.3) is 0 Å². The first-order valence-corrected chi connectivity index (χ1v) is 8.87. The molecule has 0 amide bonds. The summed E-state index contributed by atoms with van der Waals surface area (Å²) in [6, 6.07) is 16.7. The molecule has 0 aliphatic heterocycles. The molecule has 0 unspecified atom stereocenters. The van der Waals surface area contributed by atoms with Gasteiger partial charge < -0.3 is 24.8 Å². The van der Waals surface area contributed by atoms with Crippen molar-refractivity contribution >= 4 is 9.52 Å². The zero-order valence-corrected chi connectivity index (χ0v) is 20.2. The zero-order valence-electron chi connectivity index (χ0n) is 14.0. The molecule has 2 aromatic rings. The molecular weight excluding hydrogens is 482 g/mol. The van der Waals surface area contributed by atoms with Crippen molar-refractivity contribution in [2.45, 2.75) is 46.2 Å².